The smallest absolute Gasteiger partial charge is 0.238 e. The standard InChI is InChI=1S/C12H11BrN4OS/c1-18-11-9(17-4-5-19-12(17)16-11)7-14-8-2-3-10(13)15-6-8/h2-6,14H,7H2,1H3. The average molecular weight is 339 g/mol. The predicted molar refractivity (Wildman–Crippen MR) is 78.9 cm³/mol. The molecule has 19 heavy (non-hydrogen) atoms. The number of pyridine rings is 1. The lowest BCUT2D eigenvalue weighted by Crippen LogP contribution is -2.04. The largest absolute Gasteiger partial charge is 0.480 e. The summed E-state index contributed by atoms with van der Waals surface area (Å²) in [6.07, 6.45) is 3.77. The van der Waals surface area contributed by atoms with Gasteiger partial charge in [-0.25, -0.2) is 4.98 Å². The van der Waals surface area contributed by atoms with Crippen LogP contribution in [0.4, 0.5) is 5.69 Å². The van der Waals surface area contributed by atoms with E-state index in [1.807, 2.05) is 28.1 Å². The quantitative estimate of drug-likeness (QED) is 0.742. The van der Waals surface area contributed by atoms with E-state index in [0.717, 1.165) is 20.9 Å². The van der Waals surface area contributed by atoms with Crippen LogP contribution in [0.3, 0.4) is 0 Å². The third kappa shape index (κ3) is 2.43. The topological polar surface area (TPSA) is 51.5 Å². The summed E-state index contributed by atoms with van der Waals surface area (Å²) in [7, 11) is 1.64. The van der Waals surface area contributed by atoms with Gasteiger partial charge in [0.15, 0.2) is 4.96 Å². The number of hydrogen-bond acceptors (Lipinski definition) is 5. The molecule has 0 aromatic carbocycles. The molecule has 0 aliphatic carbocycles. The van der Waals surface area contributed by atoms with Crippen LogP contribution < -0.4 is 10.1 Å². The number of methoxy groups -OCH3 is 1. The first kappa shape index (κ1) is 12.4. The molecular formula is C12H11BrN4OS. The van der Waals surface area contributed by atoms with Gasteiger partial charge in [0.05, 0.1) is 25.5 Å². The van der Waals surface area contributed by atoms with Gasteiger partial charge in [-0.1, -0.05) is 0 Å². The van der Waals surface area contributed by atoms with Crippen LogP contribution in [-0.2, 0) is 6.54 Å². The molecule has 0 aliphatic heterocycles. The Hall–Kier alpha value is -1.60. The van der Waals surface area contributed by atoms with Crippen LogP contribution in [0, 0.1) is 0 Å². The fourth-order valence-corrected chi connectivity index (χ4v) is 2.76. The number of aromatic nitrogens is 3. The maximum atomic E-state index is 5.31. The molecule has 0 aliphatic rings. The summed E-state index contributed by atoms with van der Waals surface area (Å²) in [5, 5.41) is 5.32. The summed E-state index contributed by atoms with van der Waals surface area (Å²) >= 11 is 4.90. The minimum absolute atomic E-state index is 0.629. The molecule has 3 heterocycles. The molecule has 0 saturated carbocycles. The highest BCUT2D eigenvalue weighted by Gasteiger charge is 2.13. The van der Waals surface area contributed by atoms with Crippen LogP contribution in [0.5, 0.6) is 5.88 Å². The zero-order valence-electron chi connectivity index (χ0n) is 10.1. The highest BCUT2D eigenvalue weighted by molar-refractivity contribution is 9.10. The van der Waals surface area contributed by atoms with Crippen LogP contribution in [0.15, 0.2) is 34.5 Å². The molecule has 0 saturated heterocycles. The maximum absolute atomic E-state index is 5.31. The van der Waals surface area contributed by atoms with Gasteiger partial charge in [-0.05, 0) is 28.1 Å². The summed E-state index contributed by atoms with van der Waals surface area (Å²) in [6, 6.07) is 3.87. The summed E-state index contributed by atoms with van der Waals surface area (Å²) in [5.74, 6) is 0.657. The number of fused-ring (bicyclic) bond motifs is 1. The van der Waals surface area contributed by atoms with Crippen molar-refractivity contribution in [3.05, 3.63) is 40.2 Å². The van der Waals surface area contributed by atoms with E-state index >= 15 is 0 Å². The Bertz CT molecular complexity index is 691. The molecule has 0 bridgehead atoms. The second-order valence-corrected chi connectivity index (χ2v) is 5.53. The lowest BCUT2D eigenvalue weighted by Gasteiger charge is -2.06. The van der Waals surface area contributed by atoms with E-state index < -0.39 is 0 Å². The van der Waals surface area contributed by atoms with Crippen molar-refractivity contribution in [3.63, 3.8) is 0 Å². The number of thiazole rings is 1. The monoisotopic (exact) mass is 338 g/mol. The normalized spacial score (nSPS) is 10.8. The average Bonchev–Trinajstić information content (AvgIpc) is 2.99. The SMILES string of the molecule is COc1nc2sccn2c1CNc1ccc(Br)nc1. The summed E-state index contributed by atoms with van der Waals surface area (Å²) in [4.78, 5) is 9.52. The van der Waals surface area contributed by atoms with Gasteiger partial charge >= 0.3 is 0 Å². The van der Waals surface area contributed by atoms with Gasteiger partial charge in [0.2, 0.25) is 5.88 Å². The predicted octanol–water partition coefficient (Wildman–Crippen LogP) is 3.17. The number of nitrogens with zero attached hydrogens (tertiary/aromatic N) is 3. The first-order chi connectivity index (χ1) is 9.28. The first-order valence-corrected chi connectivity index (χ1v) is 7.29. The van der Waals surface area contributed by atoms with Gasteiger partial charge in [0, 0.05) is 11.6 Å². The fourth-order valence-electron chi connectivity index (χ4n) is 1.80. The van der Waals surface area contributed by atoms with Crippen molar-refractivity contribution in [2.75, 3.05) is 12.4 Å². The Morgan fingerprint density at radius 2 is 2.37 bits per heavy atom. The molecule has 0 radical (unpaired) electrons. The van der Waals surface area contributed by atoms with Crippen molar-refractivity contribution >= 4 is 37.9 Å². The molecular weight excluding hydrogens is 328 g/mol. The lowest BCUT2D eigenvalue weighted by atomic mass is 10.4. The van der Waals surface area contributed by atoms with Crippen LogP contribution in [0.2, 0.25) is 0 Å². The van der Waals surface area contributed by atoms with Gasteiger partial charge in [-0.2, -0.15) is 4.98 Å². The third-order valence-corrected chi connectivity index (χ3v) is 3.93. The number of anilines is 1. The molecule has 0 amide bonds. The maximum Gasteiger partial charge on any atom is 0.238 e. The van der Waals surface area contributed by atoms with Crippen molar-refractivity contribution in [1.82, 2.24) is 14.4 Å². The molecule has 3 aromatic heterocycles. The lowest BCUT2D eigenvalue weighted by molar-refractivity contribution is 0.395. The number of rotatable bonds is 4. The molecule has 3 rings (SSSR count). The summed E-state index contributed by atoms with van der Waals surface area (Å²) in [6.45, 7) is 0.629. The number of hydrogen-bond donors (Lipinski definition) is 1. The molecule has 0 atom stereocenters. The number of ether oxygens (including phenoxy) is 1. The minimum atomic E-state index is 0.629. The Labute approximate surface area is 122 Å². The van der Waals surface area contributed by atoms with Gasteiger partial charge in [0.25, 0.3) is 0 Å². The van der Waals surface area contributed by atoms with Crippen LogP contribution in [-0.4, -0.2) is 21.5 Å². The molecule has 0 spiro atoms. The van der Waals surface area contributed by atoms with Crippen molar-refractivity contribution in [1.29, 1.82) is 0 Å². The Kier molecular flexibility index (Phi) is 3.39. The molecule has 3 aromatic rings. The van der Waals surface area contributed by atoms with Gasteiger partial charge in [-0.15, -0.1) is 11.3 Å². The van der Waals surface area contributed by atoms with E-state index in [4.69, 9.17) is 4.74 Å². The Balaban J connectivity index is 1.84. The van der Waals surface area contributed by atoms with E-state index in [0.29, 0.717) is 12.4 Å². The summed E-state index contributed by atoms with van der Waals surface area (Å²) < 4.78 is 8.16. The van der Waals surface area contributed by atoms with Gasteiger partial charge in [-0.3, -0.25) is 4.40 Å². The van der Waals surface area contributed by atoms with E-state index in [2.05, 4.69) is 31.2 Å². The van der Waals surface area contributed by atoms with Gasteiger partial charge < -0.3 is 10.1 Å². The zero-order chi connectivity index (χ0) is 13.2. The molecule has 0 unspecified atom stereocenters. The second kappa shape index (κ2) is 5.18. The van der Waals surface area contributed by atoms with Crippen molar-refractivity contribution in [2.24, 2.45) is 0 Å². The number of imidazole rings is 1. The van der Waals surface area contributed by atoms with Crippen molar-refractivity contribution < 1.29 is 4.74 Å². The third-order valence-electron chi connectivity index (χ3n) is 2.71. The van der Waals surface area contributed by atoms with E-state index in [-0.39, 0.29) is 0 Å². The van der Waals surface area contributed by atoms with Crippen molar-refractivity contribution in [3.8, 4) is 5.88 Å². The summed E-state index contributed by atoms with van der Waals surface area (Å²) in [5.41, 5.74) is 1.96. The molecule has 5 nitrogen and oxygen atoms in total. The second-order valence-electron chi connectivity index (χ2n) is 3.85. The van der Waals surface area contributed by atoms with E-state index in [9.17, 15) is 0 Å². The Morgan fingerprint density at radius 3 is 3.11 bits per heavy atom. The van der Waals surface area contributed by atoms with E-state index in [1.165, 1.54) is 0 Å². The molecule has 98 valence electrons. The van der Waals surface area contributed by atoms with Crippen LogP contribution >= 0.6 is 27.3 Å². The van der Waals surface area contributed by atoms with Crippen LogP contribution in [0.1, 0.15) is 5.69 Å². The molecule has 7 heteroatoms. The fraction of sp³-hybridized carbons (Fsp3) is 0.167. The zero-order valence-corrected chi connectivity index (χ0v) is 12.5. The van der Waals surface area contributed by atoms with Crippen LogP contribution in [0.25, 0.3) is 4.96 Å². The van der Waals surface area contributed by atoms with Crippen molar-refractivity contribution in [2.45, 2.75) is 6.54 Å². The highest BCUT2D eigenvalue weighted by Crippen LogP contribution is 2.24. The minimum Gasteiger partial charge on any atom is -0.480 e. The molecule has 0 fully saturated rings. The number of nitrogens with one attached hydrogen (secondary N) is 1. The number of halogens is 1. The Morgan fingerprint density at radius 1 is 1.47 bits per heavy atom. The highest BCUT2D eigenvalue weighted by atomic mass is 79.9. The van der Waals surface area contributed by atoms with Gasteiger partial charge in [0.1, 0.15) is 10.3 Å². The van der Waals surface area contributed by atoms with E-state index in [1.54, 1.807) is 24.6 Å². The molecule has 1 N–H and O–H groups in total. The first-order valence-electron chi connectivity index (χ1n) is 5.62.